The maximum absolute atomic E-state index is 12.3. The lowest BCUT2D eigenvalue weighted by molar-refractivity contribution is -0.120. The van der Waals surface area contributed by atoms with Gasteiger partial charge in [-0.3, -0.25) is 9.69 Å². The van der Waals surface area contributed by atoms with Gasteiger partial charge < -0.3 is 5.32 Å². The SMILES string of the molecule is CC1CCCCN1Cc1ccccc1CNC(=O)Cc1ccc(Cl)cc1. The van der Waals surface area contributed by atoms with Crippen LogP contribution in [0.15, 0.2) is 48.5 Å². The van der Waals surface area contributed by atoms with E-state index < -0.39 is 0 Å². The highest BCUT2D eigenvalue weighted by atomic mass is 35.5. The summed E-state index contributed by atoms with van der Waals surface area (Å²) in [4.78, 5) is 14.8. The van der Waals surface area contributed by atoms with Gasteiger partial charge in [0.1, 0.15) is 0 Å². The fourth-order valence-electron chi connectivity index (χ4n) is 3.54. The number of hydrogen-bond acceptors (Lipinski definition) is 2. The van der Waals surface area contributed by atoms with Gasteiger partial charge in [-0.05, 0) is 55.1 Å². The first-order chi connectivity index (χ1) is 12.6. The number of benzene rings is 2. The van der Waals surface area contributed by atoms with E-state index in [4.69, 9.17) is 11.6 Å². The van der Waals surface area contributed by atoms with Crippen molar-refractivity contribution < 1.29 is 4.79 Å². The summed E-state index contributed by atoms with van der Waals surface area (Å²) in [6, 6.07) is 16.5. The second-order valence-corrected chi connectivity index (χ2v) is 7.60. The Hall–Kier alpha value is -1.84. The van der Waals surface area contributed by atoms with Crippen LogP contribution in [0, 0.1) is 0 Å². The molecule has 0 spiro atoms. The molecule has 0 bridgehead atoms. The van der Waals surface area contributed by atoms with E-state index in [0.717, 1.165) is 12.1 Å². The molecule has 1 aliphatic heterocycles. The second kappa shape index (κ2) is 9.20. The predicted molar refractivity (Wildman–Crippen MR) is 107 cm³/mol. The highest BCUT2D eigenvalue weighted by Crippen LogP contribution is 2.21. The van der Waals surface area contributed by atoms with Crippen LogP contribution < -0.4 is 5.32 Å². The van der Waals surface area contributed by atoms with E-state index in [1.165, 1.54) is 36.9 Å². The molecule has 0 saturated carbocycles. The van der Waals surface area contributed by atoms with E-state index in [9.17, 15) is 4.79 Å². The summed E-state index contributed by atoms with van der Waals surface area (Å²) in [5.41, 5.74) is 3.49. The minimum absolute atomic E-state index is 0.0356. The number of halogens is 1. The van der Waals surface area contributed by atoms with E-state index in [1.807, 2.05) is 30.3 Å². The van der Waals surface area contributed by atoms with E-state index in [2.05, 4.69) is 35.3 Å². The molecule has 3 nitrogen and oxygen atoms in total. The third-order valence-corrected chi connectivity index (χ3v) is 5.44. The molecule has 0 radical (unpaired) electrons. The zero-order chi connectivity index (χ0) is 18.4. The smallest absolute Gasteiger partial charge is 0.224 e. The Labute approximate surface area is 161 Å². The van der Waals surface area contributed by atoms with Crippen molar-refractivity contribution in [3.63, 3.8) is 0 Å². The number of carbonyl (C=O) groups is 1. The first kappa shape index (κ1) is 18.9. The fourth-order valence-corrected chi connectivity index (χ4v) is 3.67. The molecule has 2 aromatic carbocycles. The number of hydrogen-bond donors (Lipinski definition) is 1. The largest absolute Gasteiger partial charge is 0.352 e. The number of rotatable bonds is 6. The lowest BCUT2D eigenvalue weighted by atomic mass is 10.0. The van der Waals surface area contributed by atoms with Crippen molar-refractivity contribution in [1.82, 2.24) is 10.2 Å². The van der Waals surface area contributed by atoms with Crippen LogP contribution >= 0.6 is 11.6 Å². The third kappa shape index (κ3) is 5.33. The fraction of sp³-hybridized carbons (Fsp3) is 0.409. The van der Waals surface area contributed by atoms with Gasteiger partial charge in [-0.2, -0.15) is 0 Å². The normalized spacial score (nSPS) is 17.8. The molecule has 0 aromatic heterocycles. The molecular weight excluding hydrogens is 344 g/mol. The van der Waals surface area contributed by atoms with E-state index in [1.54, 1.807) is 0 Å². The van der Waals surface area contributed by atoms with E-state index >= 15 is 0 Å². The molecule has 1 atom stereocenters. The maximum Gasteiger partial charge on any atom is 0.224 e. The molecule has 3 rings (SSSR count). The van der Waals surface area contributed by atoms with Crippen LogP contribution in [-0.2, 0) is 24.3 Å². The monoisotopic (exact) mass is 370 g/mol. The Bertz CT molecular complexity index is 729. The van der Waals surface area contributed by atoms with Crippen molar-refractivity contribution in [3.8, 4) is 0 Å². The molecule has 4 heteroatoms. The topological polar surface area (TPSA) is 32.3 Å². The van der Waals surface area contributed by atoms with Gasteiger partial charge in [-0.1, -0.05) is 54.4 Å². The van der Waals surface area contributed by atoms with Crippen molar-refractivity contribution in [2.75, 3.05) is 6.54 Å². The summed E-state index contributed by atoms with van der Waals surface area (Å²) in [5.74, 6) is 0.0356. The molecular formula is C22H27ClN2O. The summed E-state index contributed by atoms with van der Waals surface area (Å²) >= 11 is 5.89. The number of nitrogens with one attached hydrogen (secondary N) is 1. The molecule has 2 aromatic rings. The van der Waals surface area contributed by atoms with Crippen LogP contribution in [0.4, 0.5) is 0 Å². The molecule has 26 heavy (non-hydrogen) atoms. The van der Waals surface area contributed by atoms with E-state index in [-0.39, 0.29) is 5.91 Å². The average molecular weight is 371 g/mol. The molecule has 1 saturated heterocycles. The molecule has 1 amide bonds. The van der Waals surface area contributed by atoms with Gasteiger partial charge >= 0.3 is 0 Å². The van der Waals surface area contributed by atoms with Crippen molar-refractivity contribution in [1.29, 1.82) is 0 Å². The Morgan fingerprint density at radius 2 is 1.85 bits per heavy atom. The Morgan fingerprint density at radius 1 is 1.12 bits per heavy atom. The third-order valence-electron chi connectivity index (χ3n) is 5.19. The van der Waals surface area contributed by atoms with Crippen molar-refractivity contribution in [3.05, 3.63) is 70.2 Å². The van der Waals surface area contributed by atoms with Gasteiger partial charge in [0.25, 0.3) is 0 Å². The Balaban J connectivity index is 1.57. The minimum atomic E-state index is 0.0356. The van der Waals surface area contributed by atoms with Gasteiger partial charge in [-0.25, -0.2) is 0 Å². The van der Waals surface area contributed by atoms with Gasteiger partial charge in [-0.15, -0.1) is 0 Å². The number of amides is 1. The number of piperidine rings is 1. The summed E-state index contributed by atoms with van der Waals surface area (Å²) in [6.07, 6.45) is 4.27. The van der Waals surface area contributed by atoms with Gasteiger partial charge in [0.2, 0.25) is 5.91 Å². The van der Waals surface area contributed by atoms with Crippen molar-refractivity contribution in [2.24, 2.45) is 0 Å². The molecule has 1 unspecified atom stereocenters. The first-order valence-corrected chi connectivity index (χ1v) is 9.81. The van der Waals surface area contributed by atoms with E-state index in [0.29, 0.717) is 24.0 Å². The number of carbonyl (C=O) groups excluding carboxylic acids is 1. The van der Waals surface area contributed by atoms with Crippen molar-refractivity contribution in [2.45, 2.75) is 51.7 Å². The lowest BCUT2D eigenvalue weighted by Gasteiger charge is -2.33. The molecule has 1 heterocycles. The van der Waals surface area contributed by atoms with Gasteiger partial charge in [0.05, 0.1) is 6.42 Å². The van der Waals surface area contributed by atoms with Crippen LogP contribution in [-0.4, -0.2) is 23.4 Å². The molecule has 138 valence electrons. The standard InChI is InChI=1S/C22H27ClN2O/c1-17-6-4-5-13-25(17)16-20-8-3-2-7-19(20)15-24-22(26)14-18-9-11-21(23)12-10-18/h2-3,7-12,17H,4-6,13-16H2,1H3,(H,24,26). The van der Waals surface area contributed by atoms with Crippen LogP contribution in [0.5, 0.6) is 0 Å². The lowest BCUT2D eigenvalue weighted by Crippen LogP contribution is -2.37. The number of likely N-dealkylation sites (tertiary alicyclic amines) is 1. The maximum atomic E-state index is 12.3. The predicted octanol–water partition coefficient (Wildman–Crippen LogP) is 4.57. The molecule has 0 aliphatic carbocycles. The summed E-state index contributed by atoms with van der Waals surface area (Å²) < 4.78 is 0. The second-order valence-electron chi connectivity index (χ2n) is 7.16. The highest BCUT2D eigenvalue weighted by Gasteiger charge is 2.19. The first-order valence-electron chi connectivity index (χ1n) is 9.44. The summed E-state index contributed by atoms with van der Waals surface area (Å²) in [6.45, 7) is 5.02. The molecule has 1 N–H and O–H groups in total. The summed E-state index contributed by atoms with van der Waals surface area (Å²) in [5, 5.41) is 3.75. The summed E-state index contributed by atoms with van der Waals surface area (Å²) in [7, 11) is 0. The van der Waals surface area contributed by atoms with Crippen molar-refractivity contribution >= 4 is 17.5 Å². The Kier molecular flexibility index (Phi) is 6.70. The average Bonchev–Trinajstić information content (AvgIpc) is 2.65. The Morgan fingerprint density at radius 3 is 2.58 bits per heavy atom. The number of nitrogens with zero attached hydrogens (tertiary/aromatic N) is 1. The minimum Gasteiger partial charge on any atom is -0.352 e. The quantitative estimate of drug-likeness (QED) is 0.807. The zero-order valence-corrected chi connectivity index (χ0v) is 16.1. The molecule has 1 aliphatic rings. The highest BCUT2D eigenvalue weighted by molar-refractivity contribution is 6.30. The van der Waals surface area contributed by atoms with Crippen LogP contribution in [0.1, 0.15) is 42.9 Å². The van der Waals surface area contributed by atoms with Crippen LogP contribution in [0.3, 0.4) is 0 Å². The van der Waals surface area contributed by atoms with Crippen LogP contribution in [0.25, 0.3) is 0 Å². The van der Waals surface area contributed by atoms with Crippen LogP contribution in [0.2, 0.25) is 5.02 Å². The molecule has 1 fully saturated rings. The van der Waals surface area contributed by atoms with Gasteiger partial charge in [0, 0.05) is 24.2 Å². The van der Waals surface area contributed by atoms with Gasteiger partial charge in [0.15, 0.2) is 0 Å². The zero-order valence-electron chi connectivity index (χ0n) is 15.4.